The van der Waals surface area contributed by atoms with Gasteiger partial charge in [0.2, 0.25) is 0 Å². The number of hydrogen-bond donors (Lipinski definition) is 1. The van der Waals surface area contributed by atoms with Gasteiger partial charge in [-0.1, -0.05) is 35.3 Å². The van der Waals surface area contributed by atoms with Crippen molar-refractivity contribution < 1.29 is 14.5 Å². The minimum atomic E-state index is -0.582. The van der Waals surface area contributed by atoms with E-state index in [1.807, 2.05) is 0 Å². The summed E-state index contributed by atoms with van der Waals surface area (Å²) >= 11 is 11.8. The molecule has 120 valence electrons. The molecule has 1 N–H and O–H groups in total. The van der Waals surface area contributed by atoms with E-state index in [0.29, 0.717) is 22.0 Å². The van der Waals surface area contributed by atoms with Crippen LogP contribution >= 0.6 is 23.2 Å². The second kappa shape index (κ2) is 7.30. The number of amides is 1. The molecule has 0 aliphatic carbocycles. The van der Waals surface area contributed by atoms with Gasteiger partial charge in [0.15, 0.2) is 6.61 Å². The Balaban J connectivity index is 2.05. The molecule has 0 aromatic heterocycles. The number of halogens is 2. The van der Waals surface area contributed by atoms with Crippen LogP contribution in [-0.2, 0) is 4.79 Å². The Hall–Kier alpha value is -2.31. The number of carbonyl (C=O) groups excluding carboxylic acids is 1. The quantitative estimate of drug-likeness (QED) is 0.643. The molecule has 0 aliphatic heterocycles. The maximum absolute atomic E-state index is 11.9. The molecule has 0 radical (unpaired) electrons. The summed E-state index contributed by atoms with van der Waals surface area (Å²) in [5.74, 6) is -0.0410. The van der Waals surface area contributed by atoms with Crippen LogP contribution in [0.15, 0.2) is 36.4 Å². The molecule has 0 fully saturated rings. The first-order valence-electron chi connectivity index (χ1n) is 6.50. The first kappa shape index (κ1) is 17.1. The van der Waals surface area contributed by atoms with Gasteiger partial charge in [-0.25, -0.2) is 0 Å². The number of hydrogen-bond acceptors (Lipinski definition) is 4. The number of nitrogens with zero attached hydrogens (tertiary/aromatic N) is 1. The normalized spacial score (nSPS) is 10.2. The molecule has 0 aliphatic rings. The summed E-state index contributed by atoms with van der Waals surface area (Å²) in [5.41, 5.74) is 0.690. The summed E-state index contributed by atoms with van der Waals surface area (Å²) in [6.07, 6.45) is 0. The number of para-hydroxylation sites is 1. The molecule has 0 spiro atoms. The first-order chi connectivity index (χ1) is 10.9. The molecular formula is C15H12Cl2N2O4. The van der Waals surface area contributed by atoms with Crippen LogP contribution in [0.1, 0.15) is 5.56 Å². The van der Waals surface area contributed by atoms with Crippen LogP contribution < -0.4 is 10.1 Å². The zero-order valence-corrected chi connectivity index (χ0v) is 13.5. The van der Waals surface area contributed by atoms with Crippen LogP contribution in [0.5, 0.6) is 5.75 Å². The van der Waals surface area contributed by atoms with Gasteiger partial charge in [0.05, 0.1) is 9.95 Å². The Labute approximate surface area is 142 Å². The number of anilines is 1. The number of carbonyl (C=O) groups is 1. The summed E-state index contributed by atoms with van der Waals surface area (Å²) < 4.78 is 5.32. The lowest BCUT2D eigenvalue weighted by Crippen LogP contribution is -2.20. The Bertz CT molecular complexity index is 765. The summed E-state index contributed by atoms with van der Waals surface area (Å²) in [4.78, 5) is 22.1. The highest BCUT2D eigenvalue weighted by atomic mass is 35.5. The molecule has 0 saturated heterocycles. The average molecular weight is 355 g/mol. The topological polar surface area (TPSA) is 81.5 Å². The van der Waals surface area contributed by atoms with Gasteiger partial charge in [-0.05, 0) is 30.7 Å². The summed E-state index contributed by atoms with van der Waals surface area (Å²) in [6, 6.07) is 9.41. The maximum Gasteiger partial charge on any atom is 0.288 e. The molecule has 0 heterocycles. The lowest BCUT2D eigenvalue weighted by atomic mass is 10.2. The first-order valence-corrected chi connectivity index (χ1v) is 7.26. The molecule has 23 heavy (non-hydrogen) atoms. The van der Waals surface area contributed by atoms with Crippen molar-refractivity contribution >= 4 is 40.5 Å². The van der Waals surface area contributed by atoms with E-state index < -0.39 is 10.8 Å². The largest absolute Gasteiger partial charge is 0.482 e. The third kappa shape index (κ3) is 4.34. The van der Waals surface area contributed by atoms with Gasteiger partial charge in [0.1, 0.15) is 10.8 Å². The average Bonchev–Trinajstić information content (AvgIpc) is 2.49. The Kier molecular flexibility index (Phi) is 5.41. The number of nitro groups is 1. The predicted octanol–water partition coefficient (Wildman–Crippen LogP) is 4.23. The van der Waals surface area contributed by atoms with E-state index in [1.54, 1.807) is 31.2 Å². The second-order valence-electron chi connectivity index (χ2n) is 4.64. The monoisotopic (exact) mass is 354 g/mol. The van der Waals surface area contributed by atoms with Gasteiger partial charge in [0, 0.05) is 11.8 Å². The summed E-state index contributed by atoms with van der Waals surface area (Å²) in [5, 5.41) is 13.7. The van der Waals surface area contributed by atoms with Crippen molar-refractivity contribution in [3.8, 4) is 5.75 Å². The van der Waals surface area contributed by atoms with Gasteiger partial charge in [-0.15, -0.1) is 0 Å². The highest BCUT2D eigenvalue weighted by molar-refractivity contribution is 6.33. The van der Waals surface area contributed by atoms with Crippen molar-refractivity contribution in [2.24, 2.45) is 0 Å². The van der Waals surface area contributed by atoms with Crippen LogP contribution in [0.2, 0.25) is 10.0 Å². The molecule has 2 rings (SSSR count). The third-order valence-electron chi connectivity index (χ3n) is 2.96. The van der Waals surface area contributed by atoms with Crippen LogP contribution in [0, 0.1) is 17.0 Å². The molecule has 0 unspecified atom stereocenters. The van der Waals surface area contributed by atoms with Crippen LogP contribution in [0.4, 0.5) is 11.4 Å². The molecular weight excluding hydrogens is 343 g/mol. The van der Waals surface area contributed by atoms with Crippen molar-refractivity contribution in [2.45, 2.75) is 6.92 Å². The van der Waals surface area contributed by atoms with Crippen LogP contribution in [0.25, 0.3) is 0 Å². The highest BCUT2D eigenvalue weighted by Gasteiger charge is 2.16. The highest BCUT2D eigenvalue weighted by Crippen LogP contribution is 2.30. The lowest BCUT2D eigenvalue weighted by Gasteiger charge is -2.11. The Morgan fingerprint density at radius 2 is 1.96 bits per heavy atom. The number of rotatable bonds is 5. The molecule has 2 aromatic rings. The zero-order chi connectivity index (χ0) is 17.0. The predicted molar refractivity (Wildman–Crippen MR) is 88.4 cm³/mol. The van der Waals surface area contributed by atoms with Gasteiger partial charge < -0.3 is 10.1 Å². The van der Waals surface area contributed by atoms with Crippen molar-refractivity contribution in [2.75, 3.05) is 11.9 Å². The van der Waals surface area contributed by atoms with Gasteiger partial charge >= 0.3 is 0 Å². The van der Waals surface area contributed by atoms with E-state index in [1.165, 1.54) is 12.1 Å². The van der Waals surface area contributed by atoms with E-state index >= 15 is 0 Å². The van der Waals surface area contributed by atoms with Crippen molar-refractivity contribution in [3.05, 3.63) is 62.1 Å². The van der Waals surface area contributed by atoms with Gasteiger partial charge in [-0.3, -0.25) is 14.9 Å². The van der Waals surface area contributed by atoms with Crippen molar-refractivity contribution in [1.82, 2.24) is 0 Å². The minimum Gasteiger partial charge on any atom is -0.482 e. The Morgan fingerprint density at radius 3 is 2.61 bits per heavy atom. The molecule has 8 heteroatoms. The fraction of sp³-hybridized carbons (Fsp3) is 0.133. The number of nitrogens with one attached hydrogen (secondary N) is 1. The second-order valence-corrected chi connectivity index (χ2v) is 5.46. The maximum atomic E-state index is 11.9. The van der Waals surface area contributed by atoms with E-state index in [4.69, 9.17) is 27.9 Å². The van der Waals surface area contributed by atoms with Crippen LogP contribution in [0.3, 0.4) is 0 Å². The standard InChI is InChI=1S/C15H12Cl2N2O4/c1-9-6-13(19(21)22)11(17)7-12(9)18-15(20)8-23-14-5-3-2-4-10(14)16/h2-7H,8H2,1H3,(H,18,20). The smallest absolute Gasteiger partial charge is 0.288 e. The molecule has 6 nitrogen and oxygen atoms in total. The van der Waals surface area contributed by atoms with Crippen LogP contribution in [-0.4, -0.2) is 17.4 Å². The van der Waals surface area contributed by atoms with E-state index in [0.717, 1.165) is 0 Å². The SMILES string of the molecule is Cc1cc([N+](=O)[O-])c(Cl)cc1NC(=O)COc1ccccc1Cl. The number of ether oxygens (including phenoxy) is 1. The zero-order valence-electron chi connectivity index (χ0n) is 12.0. The molecule has 0 saturated carbocycles. The van der Waals surface area contributed by atoms with Gasteiger partial charge in [-0.2, -0.15) is 0 Å². The lowest BCUT2D eigenvalue weighted by molar-refractivity contribution is -0.384. The fourth-order valence-corrected chi connectivity index (χ4v) is 2.26. The van der Waals surface area contributed by atoms with E-state index in [-0.39, 0.29) is 17.3 Å². The Morgan fingerprint density at radius 1 is 1.26 bits per heavy atom. The third-order valence-corrected chi connectivity index (χ3v) is 3.58. The number of benzene rings is 2. The summed E-state index contributed by atoms with van der Waals surface area (Å²) in [6.45, 7) is 1.38. The summed E-state index contributed by atoms with van der Waals surface area (Å²) in [7, 11) is 0. The number of aryl methyl sites for hydroxylation is 1. The molecule has 1 amide bonds. The minimum absolute atomic E-state index is 0.0528. The molecule has 0 atom stereocenters. The van der Waals surface area contributed by atoms with Crippen molar-refractivity contribution in [3.63, 3.8) is 0 Å². The fourth-order valence-electron chi connectivity index (χ4n) is 1.83. The van der Waals surface area contributed by atoms with Crippen molar-refractivity contribution in [1.29, 1.82) is 0 Å². The molecule has 0 bridgehead atoms. The van der Waals surface area contributed by atoms with Gasteiger partial charge in [0.25, 0.3) is 11.6 Å². The van der Waals surface area contributed by atoms with E-state index in [9.17, 15) is 14.9 Å². The number of nitro benzene ring substituents is 1. The molecule has 2 aromatic carbocycles. The van der Waals surface area contributed by atoms with E-state index in [2.05, 4.69) is 5.32 Å².